The molecule has 0 bridgehead atoms. The number of fused-ring (bicyclic) bond motifs is 1. The Labute approximate surface area is 185 Å². The van der Waals surface area contributed by atoms with Crippen LogP contribution in [0.15, 0.2) is 48.7 Å². The molecule has 0 radical (unpaired) electrons. The standard InChI is InChI=1S/C24H23N5O3/c1-14-22-19(24(30)26-16-10-17(31-2)12-18(11-16)32-3)13-20(15-7-8-15)27-23(22)29(28-14)21-6-4-5-9-25-21/h4-6,9-13,15H,7-8H2,1-3H3,(H,26,30). The number of hydrogen-bond donors (Lipinski definition) is 1. The second kappa shape index (κ2) is 7.96. The summed E-state index contributed by atoms with van der Waals surface area (Å²) in [7, 11) is 3.15. The Hall–Kier alpha value is -3.94. The molecule has 0 unspecified atom stereocenters. The van der Waals surface area contributed by atoms with E-state index >= 15 is 0 Å². The summed E-state index contributed by atoms with van der Waals surface area (Å²) in [6.07, 6.45) is 3.86. The Morgan fingerprint density at radius 2 is 1.84 bits per heavy atom. The number of nitrogens with zero attached hydrogens (tertiary/aromatic N) is 4. The normalized spacial score (nSPS) is 13.2. The van der Waals surface area contributed by atoms with Gasteiger partial charge in [-0.15, -0.1) is 0 Å². The summed E-state index contributed by atoms with van der Waals surface area (Å²) in [4.78, 5) is 22.7. The van der Waals surface area contributed by atoms with Gasteiger partial charge in [-0.3, -0.25) is 4.79 Å². The number of pyridine rings is 2. The van der Waals surface area contributed by atoms with Gasteiger partial charge in [-0.25, -0.2) is 9.97 Å². The van der Waals surface area contributed by atoms with E-state index in [0.29, 0.717) is 51.2 Å². The number of aryl methyl sites for hydroxylation is 1. The highest BCUT2D eigenvalue weighted by Gasteiger charge is 2.29. The van der Waals surface area contributed by atoms with Gasteiger partial charge in [0.15, 0.2) is 11.5 Å². The molecule has 3 aromatic heterocycles. The van der Waals surface area contributed by atoms with Crippen molar-refractivity contribution in [1.29, 1.82) is 0 Å². The van der Waals surface area contributed by atoms with Gasteiger partial charge in [0.1, 0.15) is 11.5 Å². The SMILES string of the molecule is COc1cc(NC(=O)c2cc(C3CC3)nc3c2c(C)nn3-c2ccccn2)cc(OC)c1. The lowest BCUT2D eigenvalue weighted by atomic mass is 10.1. The van der Waals surface area contributed by atoms with Crippen molar-refractivity contribution in [1.82, 2.24) is 19.7 Å². The molecule has 5 rings (SSSR count). The molecule has 0 saturated heterocycles. The number of carbonyl (C=O) groups is 1. The third-order valence-electron chi connectivity index (χ3n) is 5.55. The van der Waals surface area contributed by atoms with E-state index in [-0.39, 0.29) is 5.91 Å². The Morgan fingerprint density at radius 1 is 1.09 bits per heavy atom. The molecular formula is C24H23N5O3. The number of benzene rings is 1. The summed E-state index contributed by atoms with van der Waals surface area (Å²) in [5.41, 5.74) is 3.38. The van der Waals surface area contributed by atoms with Crippen LogP contribution in [0.1, 0.15) is 40.5 Å². The molecule has 1 amide bonds. The molecule has 1 aliphatic carbocycles. The fourth-order valence-corrected chi connectivity index (χ4v) is 3.79. The second-order valence-corrected chi connectivity index (χ2v) is 7.81. The molecule has 1 saturated carbocycles. The molecule has 1 N–H and O–H groups in total. The van der Waals surface area contributed by atoms with Crippen molar-refractivity contribution in [3.05, 3.63) is 65.6 Å². The van der Waals surface area contributed by atoms with Crippen molar-refractivity contribution in [2.75, 3.05) is 19.5 Å². The van der Waals surface area contributed by atoms with Crippen LogP contribution >= 0.6 is 0 Å². The van der Waals surface area contributed by atoms with Crippen LogP contribution in [-0.4, -0.2) is 39.9 Å². The van der Waals surface area contributed by atoms with Crippen LogP contribution < -0.4 is 14.8 Å². The molecule has 0 atom stereocenters. The Morgan fingerprint density at radius 3 is 2.47 bits per heavy atom. The van der Waals surface area contributed by atoms with E-state index in [1.54, 1.807) is 43.3 Å². The van der Waals surface area contributed by atoms with E-state index in [0.717, 1.165) is 18.5 Å². The highest BCUT2D eigenvalue weighted by atomic mass is 16.5. The number of nitrogens with one attached hydrogen (secondary N) is 1. The number of carbonyl (C=O) groups excluding carboxylic acids is 1. The molecule has 32 heavy (non-hydrogen) atoms. The van der Waals surface area contributed by atoms with Crippen LogP contribution in [0.5, 0.6) is 11.5 Å². The monoisotopic (exact) mass is 429 g/mol. The number of hydrogen-bond acceptors (Lipinski definition) is 6. The fraction of sp³-hybridized carbons (Fsp3) is 0.250. The van der Waals surface area contributed by atoms with E-state index in [9.17, 15) is 4.79 Å². The summed E-state index contributed by atoms with van der Waals surface area (Å²) >= 11 is 0. The molecule has 3 heterocycles. The van der Waals surface area contributed by atoms with Crippen LogP contribution in [0, 0.1) is 6.92 Å². The van der Waals surface area contributed by atoms with Gasteiger partial charge in [0.05, 0.1) is 30.9 Å². The number of anilines is 1. The van der Waals surface area contributed by atoms with Gasteiger partial charge in [-0.05, 0) is 38.0 Å². The first-order valence-corrected chi connectivity index (χ1v) is 10.4. The summed E-state index contributed by atoms with van der Waals surface area (Å²) in [5, 5.41) is 8.36. The summed E-state index contributed by atoms with van der Waals surface area (Å²) in [6, 6.07) is 12.8. The first-order valence-electron chi connectivity index (χ1n) is 10.4. The topological polar surface area (TPSA) is 91.2 Å². The minimum absolute atomic E-state index is 0.238. The summed E-state index contributed by atoms with van der Waals surface area (Å²) in [5.74, 6) is 1.98. The molecule has 162 valence electrons. The highest BCUT2D eigenvalue weighted by Crippen LogP contribution is 2.41. The molecule has 1 fully saturated rings. The average molecular weight is 429 g/mol. The van der Waals surface area contributed by atoms with Crippen molar-refractivity contribution in [2.45, 2.75) is 25.7 Å². The maximum atomic E-state index is 13.4. The molecule has 8 nitrogen and oxygen atoms in total. The molecule has 4 aromatic rings. The number of amides is 1. The van der Waals surface area contributed by atoms with Crippen LogP contribution in [0.25, 0.3) is 16.9 Å². The van der Waals surface area contributed by atoms with Crippen molar-refractivity contribution < 1.29 is 14.3 Å². The predicted molar refractivity (Wildman–Crippen MR) is 121 cm³/mol. The first kappa shape index (κ1) is 20.0. The zero-order valence-electron chi connectivity index (χ0n) is 18.1. The number of methoxy groups -OCH3 is 2. The Bertz CT molecular complexity index is 1290. The van der Waals surface area contributed by atoms with E-state index in [1.807, 2.05) is 31.2 Å². The maximum Gasteiger partial charge on any atom is 0.256 e. The smallest absolute Gasteiger partial charge is 0.256 e. The molecule has 0 spiro atoms. The van der Waals surface area contributed by atoms with Crippen molar-refractivity contribution in [3.8, 4) is 17.3 Å². The molecular weight excluding hydrogens is 406 g/mol. The van der Waals surface area contributed by atoms with Crippen LogP contribution in [-0.2, 0) is 0 Å². The van der Waals surface area contributed by atoms with E-state index in [1.165, 1.54) is 0 Å². The van der Waals surface area contributed by atoms with Gasteiger partial charge in [0.2, 0.25) is 0 Å². The number of rotatable bonds is 6. The maximum absolute atomic E-state index is 13.4. The lowest BCUT2D eigenvalue weighted by Crippen LogP contribution is -2.14. The van der Waals surface area contributed by atoms with Crippen LogP contribution in [0.2, 0.25) is 0 Å². The van der Waals surface area contributed by atoms with Crippen molar-refractivity contribution in [3.63, 3.8) is 0 Å². The van der Waals surface area contributed by atoms with E-state index < -0.39 is 0 Å². The quantitative estimate of drug-likeness (QED) is 0.492. The summed E-state index contributed by atoms with van der Waals surface area (Å²) in [6.45, 7) is 1.88. The van der Waals surface area contributed by atoms with Gasteiger partial charge in [-0.2, -0.15) is 9.78 Å². The van der Waals surface area contributed by atoms with Gasteiger partial charge in [0.25, 0.3) is 5.91 Å². The molecule has 1 aromatic carbocycles. The highest BCUT2D eigenvalue weighted by molar-refractivity contribution is 6.13. The molecule has 0 aliphatic heterocycles. The van der Waals surface area contributed by atoms with Crippen LogP contribution in [0.4, 0.5) is 5.69 Å². The first-order chi connectivity index (χ1) is 15.6. The minimum atomic E-state index is -0.238. The van der Waals surface area contributed by atoms with Gasteiger partial charge < -0.3 is 14.8 Å². The van der Waals surface area contributed by atoms with Gasteiger partial charge in [0, 0.05) is 41.7 Å². The largest absolute Gasteiger partial charge is 0.497 e. The number of ether oxygens (including phenoxy) is 2. The zero-order chi connectivity index (χ0) is 22.2. The Balaban J connectivity index is 1.62. The van der Waals surface area contributed by atoms with Gasteiger partial charge >= 0.3 is 0 Å². The fourth-order valence-electron chi connectivity index (χ4n) is 3.79. The predicted octanol–water partition coefficient (Wildman–Crippen LogP) is 4.27. The van der Waals surface area contributed by atoms with Crippen molar-refractivity contribution >= 4 is 22.6 Å². The summed E-state index contributed by atoms with van der Waals surface area (Å²) < 4.78 is 12.4. The lowest BCUT2D eigenvalue weighted by Gasteiger charge is -2.12. The van der Waals surface area contributed by atoms with E-state index in [4.69, 9.17) is 14.5 Å². The lowest BCUT2D eigenvalue weighted by molar-refractivity contribution is 0.102. The zero-order valence-corrected chi connectivity index (χ0v) is 18.1. The van der Waals surface area contributed by atoms with Crippen LogP contribution in [0.3, 0.4) is 0 Å². The molecule has 1 aliphatic rings. The second-order valence-electron chi connectivity index (χ2n) is 7.81. The number of aromatic nitrogens is 4. The third-order valence-corrected chi connectivity index (χ3v) is 5.55. The minimum Gasteiger partial charge on any atom is -0.497 e. The third kappa shape index (κ3) is 3.64. The van der Waals surface area contributed by atoms with Crippen molar-refractivity contribution in [2.24, 2.45) is 0 Å². The Kier molecular flexibility index (Phi) is 4.97. The van der Waals surface area contributed by atoms with E-state index in [2.05, 4.69) is 15.4 Å². The average Bonchev–Trinajstić information content (AvgIpc) is 3.62. The van der Waals surface area contributed by atoms with Gasteiger partial charge in [-0.1, -0.05) is 6.07 Å². The molecule has 8 heteroatoms.